The largest absolute Gasteiger partial charge is 0.323 e. The zero-order chi connectivity index (χ0) is 26.2. The van der Waals surface area contributed by atoms with Gasteiger partial charge >= 0.3 is 0 Å². The Bertz CT molecular complexity index is 956. The van der Waals surface area contributed by atoms with E-state index in [0.717, 1.165) is 45.8 Å². The summed E-state index contributed by atoms with van der Waals surface area (Å²) in [5.41, 5.74) is 0.462. The van der Waals surface area contributed by atoms with Crippen LogP contribution in [0.2, 0.25) is 0 Å². The Labute approximate surface area is 235 Å². The number of rotatable bonds is 16. The summed E-state index contributed by atoms with van der Waals surface area (Å²) < 4.78 is 10.4. The van der Waals surface area contributed by atoms with Gasteiger partial charge in [-0.05, 0) is 62.0 Å². The molecule has 0 spiro atoms. The molecule has 0 unspecified atom stereocenters. The zero-order valence-corrected chi connectivity index (χ0v) is 26.3. The first-order valence-electron chi connectivity index (χ1n) is 13.4. The van der Waals surface area contributed by atoms with E-state index in [1.807, 2.05) is 0 Å². The molecule has 2 heterocycles. The molecule has 0 radical (unpaired) electrons. The van der Waals surface area contributed by atoms with Gasteiger partial charge in [-0.25, -0.2) is 0 Å². The molecule has 0 aliphatic rings. The maximum atomic E-state index is 5.62. The SMILES string of the molecule is CCn1cc(S)n(CC(C)(C)CCCCCCCCCC(C)(C)Cn2c(S)cn(CC)c2=S)c1=S. The van der Waals surface area contributed by atoms with Gasteiger partial charge in [0.15, 0.2) is 9.54 Å². The van der Waals surface area contributed by atoms with Crippen LogP contribution in [0.4, 0.5) is 0 Å². The maximum absolute atomic E-state index is 5.62. The van der Waals surface area contributed by atoms with E-state index in [0.29, 0.717) is 0 Å². The lowest BCUT2D eigenvalue weighted by Crippen LogP contribution is -2.20. The van der Waals surface area contributed by atoms with E-state index in [-0.39, 0.29) is 10.8 Å². The molecule has 0 aromatic carbocycles. The Kier molecular flexibility index (Phi) is 12.2. The molecule has 2 rings (SSSR count). The van der Waals surface area contributed by atoms with Gasteiger partial charge in [-0.3, -0.25) is 0 Å². The summed E-state index contributed by atoms with van der Waals surface area (Å²) in [6, 6.07) is 0. The van der Waals surface area contributed by atoms with Gasteiger partial charge in [0, 0.05) is 38.6 Å². The Morgan fingerprint density at radius 2 is 0.943 bits per heavy atom. The molecule has 2 aromatic rings. The molecule has 0 N–H and O–H groups in total. The smallest absolute Gasteiger partial charge is 0.180 e. The number of thiol groups is 2. The fourth-order valence-electron chi connectivity index (χ4n) is 4.89. The third-order valence-electron chi connectivity index (χ3n) is 7.11. The summed E-state index contributed by atoms with van der Waals surface area (Å²) in [7, 11) is 0. The summed E-state index contributed by atoms with van der Waals surface area (Å²) >= 11 is 20.5. The van der Waals surface area contributed by atoms with Crippen molar-refractivity contribution >= 4 is 49.7 Å². The summed E-state index contributed by atoms with van der Waals surface area (Å²) in [5.74, 6) is 0. The first-order chi connectivity index (χ1) is 16.4. The van der Waals surface area contributed by atoms with E-state index in [1.165, 1.54) is 57.8 Å². The molecule has 8 heteroatoms. The minimum atomic E-state index is 0.231. The fourth-order valence-corrected chi connectivity index (χ4v) is 6.32. The number of hydrogen-bond donors (Lipinski definition) is 2. The lowest BCUT2D eigenvalue weighted by atomic mass is 9.86. The molecule has 0 amide bonds. The minimum Gasteiger partial charge on any atom is -0.323 e. The second kappa shape index (κ2) is 13.9. The highest BCUT2D eigenvalue weighted by atomic mass is 32.1. The Balaban J connectivity index is 1.62. The molecule has 4 nitrogen and oxygen atoms in total. The number of hydrogen-bond acceptors (Lipinski definition) is 4. The predicted octanol–water partition coefficient (Wildman–Crippen LogP) is 9.23. The topological polar surface area (TPSA) is 19.7 Å². The molecule has 2 aromatic heterocycles. The average Bonchev–Trinajstić information content (AvgIpc) is 3.21. The van der Waals surface area contributed by atoms with E-state index in [1.54, 1.807) is 0 Å². The third kappa shape index (κ3) is 9.42. The van der Waals surface area contributed by atoms with Crippen molar-refractivity contribution in [2.45, 2.75) is 136 Å². The highest BCUT2D eigenvalue weighted by Crippen LogP contribution is 2.30. The highest BCUT2D eigenvalue weighted by molar-refractivity contribution is 7.80. The third-order valence-corrected chi connectivity index (χ3v) is 8.73. The van der Waals surface area contributed by atoms with Crippen molar-refractivity contribution in [3.8, 4) is 0 Å². The number of nitrogens with zero attached hydrogens (tertiary/aromatic N) is 4. The van der Waals surface area contributed by atoms with Crippen molar-refractivity contribution in [1.29, 1.82) is 0 Å². The molecular formula is C27H48N4S4. The molecular weight excluding hydrogens is 509 g/mol. The zero-order valence-electron chi connectivity index (χ0n) is 22.8. The number of unbranched alkanes of at least 4 members (excludes halogenated alkanes) is 6. The van der Waals surface area contributed by atoms with Crippen molar-refractivity contribution in [1.82, 2.24) is 18.3 Å². The summed E-state index contributed by atoms with van der Waals surface area (Å²) in [5, 5.41) is 1.95. The van der Waals surface area contributed by atoms with E-state index < -0.39 is 0 Å². The van der Waals surface area contributed by atoms with Crippen molar-refractivity contribution < 1.29 is 0 Å². The molecule has 0 bridgehead atoms. The molecule has 35 heavy (non-hydrogen) atoms. The number of aryl methyl sites for hydroxylation is 2. The maximum Gasteiger partial charge on any atom is 0.180 e. The fraction of sp³-hybridized carbons (Fsp3) is 0.778. The number of imidazole rings is 2. The van der Waals surface area contributed by atoms with Gasteiger partial charge < -0.3 is 18.3 Å². The molecule has 0 fully saturated rings. The van der Waals surface area contributed by atoms with Gasteiger partial charge in [-0.15, -0.1) is 25.3 Å². The predicted molar refractivity (Wildman–Crippen MR) is 161 cm³/mol. The van der Waals surface area contributed by atoms with Gasteiger partial charge in [-0.1, -0.05) is 72.6 Å². The van der Waals surface area contributed by atoms with Crippen molar-refractivity contribution in [2.75, 3.05) is 0 Å². The van der Waals surface area contributed by atoms with E-state index in [9.17, 15) is 0 Å². The normalized spacial score (nSPS) is 12.6. The van der Waals surface area contributed by atoms with Gasteiger partial charge in [0.05, 0.1) is 10.1 Å². The Morgan fingerprint density at radius 3 is 1.23 bits per heavy atom. The molecule has 200 valence electrons. The lowest BCUT2D eigenvalue weighted by Gasteiger charge is -2.26. The van der Waals surface area contributed by atoms with Crippen molar-refractivity contribution in [2.24, 2.45) is 10.8 Å². The van der Waals surface area contributed by atoms with Crippen LogP contribution in [-0.2, 0) is 26.2 Å². The van der Waals surface area contributed by atoms with Crippen LogP contribution < -0.4 is 0 Å². The van der Waals surface area contributed by atoms with Crippen LogP contribution in [0.5, 0.6) is 0 Å². The first-order valence-corrected chi connectivity index (χ1v) is 15.1. The van der Waals surface area contributed by atoms with Crippen LogP contribution >= 0.6 is 49.7 Å². The van der Waals surface area contributed by atoms with E-state index >= 15 is 0 Å². The van der Waals surface area contributed by atoms with Crippen LogP contribution in [0.1, 0.15) is 99.3 Å². The van der Waals surface area contributed by atoms with Crippen LogP contribution in [0.3, 0.4) is 0 Å². The lowest BCUT2D eigenvalue weighted by molar-refractivity contribution is 0.259. The van der Waals surface area contributed by atoms with Gasteiger partial charge in [0.2, 0.25) is 0 Å². The summed E-state index contributed by atoms with van der Waals surface area (Å²) in [6.07, 6.45) is 15.8. The quantitative estimate of drug-likeness (QED) is 0.122. The Morgan fingerprint density at radius 1 is 0.629 bits per heavy atom. The second-order valence-corrected chi connectivity index (χ2v) is 13.2. The number of aromatic nitrogens is 4. The standard InChI is InChI=1S/C27H48N4S4/c1-7-28-18-22(32)30(24(28)34)20-26(3,4)16-14-12-10-9-11-13-15-17-27(5,6)21-31-23(33)19-29(8-2)25(31)35/h18-19,32-33H,7-17,20-21H2,1-6H3. The van der Waals surface area contributed by atoms with Gasteiger partial charge in [0.1, 0.15) is 0 Å². The molecule has 0 atom stereocenters. The van der Waals surface area contributed by atoms with Crippen molar-refractivity contribution in [3.63, 3.8) is 0 Å². The average molecular weight is 557 g/mol. The van der Waals surface area contributed by atoms with Gasteiger partial charge in [-0.2, -0.15) is 0 Å². The summed E-state index contributed by atoms with van der Waals surface area (Å²) in [6.45, 7) is 17.3. The van der Waals surface area contributed by atoms with Crippen LogP contribution in [0.15, 0.2) is 22.4 Å². The van der Waals surface area contributed by atoms with Crippen LogP contribution in [0.25, 0.3) is 0 Å². The van der Waals surface area contributed by atoms with E-state index in [2.05, 4.69) is 97.5 Å². The minimum absolute atomic E-state index is 0.231. The molecule has 0 aliphatic heterocycles. The van der Waals surface area contributed by atoms with Crippen LogP contribution in [0, 0.1) is 20.4 Å². The first kappa shape index (κ1) is 30.8. The second-order valence-electron chi connectivity index (χ2n) is 11.6. The molecule has 0 aliphatic carbocycles. The summed E-state index contributed by atoms with van der Waals surface area (Å²) in [4.78, 5) is 0. The van der Waals surface area contributed by atoms with E-state index in [4.69, 9.17) is 24.4 Å². The highest BCUT2D eigenvalue weighted by Gasteiger charge is 2.21. The Hall–Kier alpha value is -0.440. The van der Waals surface area contributed by atoms with Crippen LogP contribution in [-0.4, -0.2) is 18.3 Å². The van der Waals surface area contributed by atoms with Crippen molar-refractivity contribution in [3.05, 3.63) is 21.9 Å². The molecule has 0 saturated carbocycles. The molecule has 0 saturated heterocycles. The monoisotopic (exact) mass is 556 g/mol. The van der Waals surface area contributed by atoms with Gasteiger partial charge in [0.25, 0.3) is 0 Å².